The van der Waals surface area contributed by atoms with Crippen LogP contribution in [-0.2, 0) is 0 Å². The minimum absolute atomic E-state index is 0.145. The fraction of sp³-hybridized carbons (Fsp3) is 1.00. The molecule has 4 atom stereocenters. The van der Waals surface area contributed by atoms with Crippen LogP contribution in [0.25, 0.3) is 0 Å². The minimum atomic E-state index is -1.32. The summed E-state index contributed by atoms with van der Waals surface area (Å²) in [6, 6.07) is 0. The van der Waals surface area contributed by atoms with E-state index in [1.165, 1.54) is 0 Å². The molecule has 4 unspecified atom stereocenters. The highest BCUT2D eigenvalue weighted by Crippen LogP contribution is 2.35. The smallest absolute Gasteiger partial charge is 0.0958 e. The summed E-state index contributed by atoms with van der Waals surface area (Å²) in [4.78, 5) is 0. The van der Waals surface area contributed by atoms with E-state index in [2.05, 4.69) is 13.8 Å². The summed E-state index contributed by atoms with van der Waals surface area (Å²) in [6.45, 7) is 7.90. The molecule has 4 heteroatoms. The molecule has 0 heterocycles. The molecule has 0 aromatic heterocycles. The second kappa shape index (κ2) is 10.5. The van der Waals surface area contributed by atoms with Gasteiger partial charge in [-0.1, -0.05) is 47.0 Å². The van der Waals surface area contributed by atoms with Crippen LogP contribution >= 0.6 is 0 Å². The van der Waals surface area contributed by atoms with Gasteiger partial charge in [-0.3, -0.25) is 0 Å². The lowest BCUT2D eigenvalue weighted by atomic mass is 9.73. The number of rotatable bonds is 12. The quantitative estimate of drug-likeness (QED) is 0.446. The van der Waals surface area contributed by atoms with Gasteiger partial charge in [0.1, 0.15) is 0 Å². The maximum Gasteiger partial charge on any atom is 0.0958 e. The Labute approximate surface area is 130 Å². The Hall–Kier alpha value is -0.160. The third-order valence-corrected chi connectivity index (χ3v) is 4.88. The molecule has 0 aliphatic heterocycles. The first-order valence-corrected chi connectivity index (χ1v) is 8.58. The van der Waals surface area contributed by atoms with Crippen LogP contribution in [0.3, 0.4) is 0 Å². The summed E-state index contributed by atoms with van der Waals surface area (Å²) in [5.41, 5.74) is -1.32. The van der Waals surface area contributed by atoms with Crippen molar-refractivity contribution in [3.8, 4) is 0 Å². The van der Waals surface area contributed by atoms with Crippen molar-refractivity contribution in [1.82, 2.24) is 0 Å². The van der Waals surface area contributed by atoms with Crippen LogP contribution in [0.15, 0.2) is 0 Å². The molecule has 0 radical (unpaired) electrons. The molecule has 0 bridgehead atoms. The molecule has 0 spiro atoms. The SMILES string of the molecule is CCCC(O)CC(O)C(O)(CC(CC)CC)C(CC)CO. The van der Waals surface area contributed by atoms with Crippen molar-refractivity contribution < 1.29 is 20.4 Å². The predicted molar refractivity (Wildman–Crippen MR) is 86.0 cm³/mol. The highest BCUT2D eigenvalue weighted by atomic mass is 16.3. The lowest BCUT2D eigenvalue weighted by Gasteiger charge is -2.41. The van der Waals surface area contributed by atoms with E-state index in [0.29, 0.717) is 25.2 Å². The number of aliphatic hydroxyl groups excluding tert-OH is 3. The molecule has 128 valence electrons. The summed E-state index contributed by atoms with van der Waals surface area (Å²) in [5, 5.41) is 41.1. The van der Waals surface area contributed by atoms with E-state index in [4.69, 9.17) is 0 Å². The van der Waals surface area contributed by atoms with Gasteiger partial charge in [0.2, 0.25) is 0 Å². The van der Waals surface area contributed by atoms with E-state index in [1.807, 2.05) is 13.8 Å². The van der Waals surface area contributed by atoms with Gasteiger partial charge >= 0.3 is 0 Å². The van der Waals surface area contributed by atoms with Crippen LogP contribution in [0.5, 0.6) is 0 Å². The average Bonchev–Trinajstić information content (AvgIpc) is 2.46. The molecule has 21 heavy (non-hydrogen) atoms. The van der Waals surface area contributed by atoms with Gasteiger partial charge in [0.05, 0.1) is 17.8 Å². The molecule has 0 saturated carbocycles. The van der Waals surface area contributed by atoms with Crippen molar-refractivity contribution >= 4 is 0 Å². The van der Waals surface area contributed by atoms with Crippen LogP contribution in [0.2, 0.25) is 0 Å². The van der Waals surface area contributed by atoms with E-state index >= 15 is 0 Å². The molecule has 0 rings (SSSR count). The summed E-state index contributed by atoms with van der Waals surface area (Å²) in [5.74, 6) is -0.0458. The minimum Gasteiger partial charge on any atom is -0.396 e. The second-order valence-corrected chi connectivity index (χ2v) is 6.36. The standard InChI is InChI=1S/C17H36O4/c1-5-9-15(19)10-16(20)17(21,14(8-4)12-18)11-13(6-2)7-3/h13-16,18-21H,5-12H2,1-4H3. The molecule has 0 aliphatic carbocycles. The van der Waals surface area contributed by atoms with Gasteiger partial charge in [0, 0.05) is 18.9 Å². The Kier molecular flexibility index (Phi) is 10.5. The zero-order chi connectivity index (χ0) is 16.5. The summed E-state index contributed by atoms with van der Waals surface area (Å²) in [6.07, 6.45) is 2.97. The Bertz CT molecular complexity index is 251. The first kappa shape index (κ1) is 20.8. The average molecular weight is 304 g/mol. The highest BCUT2D eigenvalue weighted by molar-refractivity contribution is 4.94. The molecular formula is C17H36O4. The monoisotopic (exact) mass is 304 g/mol. The van der Waals surface area contributed by atoms with Gasteiger partial charge < -0.3 is 20.4 Å². The molecule has 0 saturated heterocycles. The van der Waals surface area contributed by atoms with Crippen molar-refractivity contribution in [3.05, 3.63) is 0 Å². The molecule has 4 nitrogen and oxygen atoms in total. The van der Waals surface area contributed by atoms with Crippen LogP contribution in [0.1, 0.15) is 72.6 Å². The first-order chi connectivity index (χ1) is 9.89. The van der Waals surface area contributed by atoms with Crippen molar-refractivity contribution in [2.24, 2.45) is 11.8 Å². The van der Waals surface area contributed by atoms with Gasteiger partial charge in [0.25, 0.3) is 0 Å². The number of hydrogen-bond acceptors (Lipinski definition) is 4. The lowest BCUT2D eigenvalue weighted by Crippen LogP contribution is -2.52. The van der Waals surface area contributed by atoms with Crippen molar-refractivity contribution in [3.63, 3.8) is 0 Å². The van der Waals surface area contributed by atoms with Crippen molar-refractivity contribution in [2.45, 2.75) is 90.4 Å². The topological polar surface area (TPSA) is 80.9 Å². The zero-order valence-electron chi connectivity index (χ0n) is 14.3. The zero-order valence-corrected chi connectivity index (χ0v) is 14.3. The van der Waals surface area contributed by atoms with Crippen LogP contribution in [0.4, 0.5) is 0 Å². The molecule has 0 amide bonds. The third-order valence-electron chi connectivity index (χ3n) is 4.88. The van der Waals surface area contributed by atoms with Crippen LogP contribution in [-0.4, -0.2) is 44.8 Å². The van der Waals surface area contributed by atoms with Gasteiger partial charge in [0.15, 0.2) is 0 Å². The highest BCUT2D eigenvalue weighted by Gasteiger charge is 2.43. The molecular weight excluding hydrogens is 268 g/mol. The third kappa shape index (κ3) is 6.23. The Morgan fingerprint density at radius 1 is 0.952 bits per heavy atom. The predicted octanol–water partition coefficient (Wildman–Crippen LogP) is 2.47. The normalized spacial score (nSPS) is 19.3. The van der Waals surface area contributed by atoms with Gasteiger partial charge in [-0.25, -0.2) is 0 Å². The molecule has 0 aliphatic rings. The lowest BCUT2D eigenvalue weighted by molar-refractivity contribution is -0.148. The number of aliphatic hydroxyl groups is 4. The maximum absolute atomic E-state index is 11.1. The van der Waals surface area contributed by atoms with E-state index in [1.54, 1.807) is 0 Å². The Morgan fingerprint density at radius 2 is 1.52 bits per heavy atom. The summed E-state index contributed by atoms with van der Waals surface area (Å²) < 4.78 is 0. The largest absolute Gasteiger partial charge is 0.396 e. The first-order valence-electron chi connectivity index (χ1n) is 8.58. The number of hydrogen-bond donors (Lipinski definition) is 4. The van der Waals surface area contributed by atoms with Crippen molar-refractivity contribution in [1.29, 1.82) is 0 Å². The maximum atomic E-state index is 11.1. The van der Waals surface area contributed by atoms with E-state index < -0.39 is 17.8 Å². The van der Waals surface area contributed by atoms with Gasteiger partial charge in [-0.2, -0.15) is 0 Å². The van der Waals surface area contributed by atoms with Crippen LogP contribution in [0, 0.1) is 11.8 Å². The Morgan fingerprint density at radius 3 is 1.90 bits per heavy atom. The van der Waals surface area contributed by atoms with Crippen molar-refractivity contribution in [2.75, 3.05) is 6.61 Å². The fourth-order valence-corrected chi connectivity index (χ4v) is 3.17. The second-order valence-electron chi connectivity index (χ2n) is 6.36. The van der Waals surface area contributed by atoms with Gasteiger partial charge in [-0.05, 0) is 25.2 Å². The van der Waals surface area contributed by atoms with Gasteiger partial charge in [-0.15, -0.1) is 0 Å². The Balaban J connectivity index is 5.09. The molecule has 4 N–H and O–H groups in total. The van der Waals surface area contributed by atoms with E-state index in [9.17, 15) is 20.4 Å². The summed E-state index contributed by atoms with van der Waals surface area (Å²) in [7, 11) is 0. The molecule has 0 aromatic rings. The fourth-order valence-electron chi connectivity index (χ4n) is 3.17. The molecule has 0 fully saturated rings. The van der Waals surface area contributed by atoms with Crippen LogP contribution < -0.4 is 0 Å². The van der Waals surface area contributed by atoms with E-state index in [-0.39, 0.29) is 18.9 Å². The van der Waals surface area contributed by atoms with E-state index in [0.717, 1.165) is 19.3 Å². The molecule has 0 aromatic carbocycles. The summed E-state index contributed by atoms with van der Waals surface area (Å²) >= 11 is 0.